The van der Waals surface area contributed by atoms with Gasteiger partial charge >= 0.3 is 0 Å². The highest BCUT2D eigenvalue weighted by atomic mass is 32.1. The van der Waals surface area contributed by atoms with Gasteiger partial charge in [0, 0.05) is 24.5 Å². The summed E-state index contributed by atoms with van der Waals surface area (Å²) in [6.07, 6.45) is 0.621. The van der Waals surface area contributed by atoms with Crippen LogP contribution in [0, 0.1) is 5.82 Å². The minimum Gasteiger partial charge on any atom is -0.467 e. The molecule has 2 aromatic rings. The molecule has 0 radical (unpaired) electrons. The molecule has 1 aromatic heterocycles. The number of nitrogens with zero attached hydrogens (tertiary/aromatic N) is 2. The molecule has 27 heavy (non-hydrogen) atoms. The molecule has 0 unspecified atom stereocenters. The summed E-state index contributed by atoms with van der Waals surface area (Å²) in [7, 11) is 1.72. The van der Waals surface area contributed by atoms with Crippen LogP contribution in [-0.2, 0) is 24.3 Å². The standard InChI is InChI=1S/C19H25FN4O2S/c1-12(2)16-10-27-17(24-16)8-23-19(21-3)22-5-4-13-6-15(20)7-14-9-25-11-26-18(13)14/h6-7,10,12H,4-5,8-9,11H2,1-3H3,(H2,21,22,23). The fourth-order valence-electron chi connectivity index (χ4n) is 2.81. The first-order valence-corrected chi connectivity index (χ1v) is 9.85. The molecule has 0 spiro atoms. The Bertz CT molecular complexity index is 807. The summed E-state index contributed by atoms with van der Waals surface area (Å²) in [6.45, 7) is 6.07. The lowest BCUT2D eigenvalue weighted by Crippen LogP contribution is -2.37. The Kier molecular flexibility index (Phi) is 6.63. The van der Waals surface area contributed by atoms with Crippen molar-refractivity contribution in [1.82, 2.24) is 15.6 Å². The lowest BCUT2D eigenvalue weighted by atomic mass is 10.1. The summed E-state index contributed by atoms with van der Waals surface area (Å²) in [5.74, 6) is 1.57. The first-order chi connectivity index (χ1) is 13.1. The van der Waals surface area contributed by atoms with Crippen LogP contribution in [-0.4, -0.2) is 31.3 Å². The number of ether oxygens (including phenoxy) is 2. The Morgan fingerprint density at radius 2 is 2.22 bits per heavy atom. The number of aromatic nitrogens is 1. The molecule has 1 aliphatic heterocycles. The van der Waals surface area contributed by atoms with Crippen LogP contribution in [0.15, 0.2) is 22.5 Å². The second-order valence-corrected chi connectivity index (χ2v) is 7.53. The van der Waals surface area contributed by atoms with Gasteiger partial charge in [0.25, 0.3) is 0 Å². The molecule has 0 atom stereocenters. The molecule has 1 aromatic carbocycles. The zero-order chi connectivity index (χ0) is 19.2. The van der Waals surface area contributed by atoms with Crippen molar-refractivity contribution in [2.45, 2.75) is 39.3 Å². The normalized spacial score (nSPS) is 14.0. The predicted molar refractivity (Wildman–Crippen MR) is 105 cm³/mol. The monoisotopic (exact) mass is 392 g/mol. The highest BCUT2D eigenvalue weighted by Crippen LogP contribution is 2.29. The number of thiazole rings is 1. The number of rotatable bonds is 6. The minimum atomic E-state index is -0.273. The van der Waals surface area contributed by atoms with Crippen molar-refractivity contribution in [2.24, 2.45) is 4.99 Å². The number of guanidine groups is 1. The van der Waals surface area contributed by atoms with Gasteiger partial charge in [-0.3, -0.25) is 4.99 Å². The van der Waals surface area contributed by atoms with Gasteiger partial charge < -0.3 is 20.1 Å². The Balaban J connectivity index is 1.52. The highest BCUT2D eigenvalue weighted by molar-refractivity contribution is 7.09. The van der Waals surface area contributed by atoms with E-state index in [9.17, 15) is 4.39 Å². The van der Waals surface area contributed by atoms with Gasteiger partial charge in [-0.15, -0.1) is 11.3 Å². The first-order valence-electron chi connectivity index (χ1n) is 8.97. The van der Waals surface area contributed by atoms with Crippen LogP contribution >= 0.6 is 11.3 Å². The maximum absolute atomic E-state index is 13.8. The SMILES string of the molecule is CN=C(NCCc1cc(F)cc2c1OCOC2)NCc1nc(C(C)C)cs1. The van der Waals surface area contributed by atoms with Crippen LogP contribution in [0.3, 0.4) is 0 Å². The summed E-state index contributed by atoms with van der Waals surface area (Å²) in [5.41, 5.74) is 2.70. The van der Waals surface area contributed by atoms with E-state index in [1.165, 1.54) is 12.1 Å². The fourth-order valence-corrected chi connectivity index (χ4v) is 3.70. The maximum Gasteiger partial charge on any atom is 0.191 e. The number of hydrogen-bond donors (Lipinski definition) is 2. The molecule has 6 nitrogen and oxygen atoms in total. The average Bonchev–Trinajstić information content (AvgIpc) is 3.13. The third-order valence-corrected chi connectivity index (χ3v) is 5.10. The van der Waals surface area contributed by atoms with Crippen LogP contribution in [0.4, 0.5) is 4.39 Å². The third-order valence-electron chi connectivity index (χ3n) is 4.23. The van der Waals surface area contributed by atoms with Gasteiger partial charge in [0.1, 0.15) is 16.6 Å². The number of aliphatic imine (C=N–C) groups is 1. The van der Waals surface area contributed by atoms with E-state index in [-0.39, 0.29) is 12.6 Å². The largest absolute Gasteiger partial charge is 0.467 e. The van der Waals surface area contributed by atoms with E-state index in [0.29, 0.717) is 38.0 Å². The summed E-state index contributed by atoms with van der Waals surface area (Å²) in [6, 6.07) is 2.98. The minimum absolute atomic E-state index is 0.203. The third kappa shape index (κ3) is 5.17. The van der Waals surface area contributed by atoms with Crippen molar-refractivity contribution in [3.63, 3.8) is 0 Å². The van der Waals surface area contributed by atoms with E-state index in [2.05, 4.69) is 39.8 Å². The van der Waals surface area contributed by atoms with E-state index >= 15 is 0 Å². The van der Waals surface area contributed by atoms with Gasteiger partial charge in [-0.25, -0.2) is 9.37 Å². The summed E-state index contributed by atoms with van der Waals surface area (Å²) < 4.78 is 24.6. The second kappa shape index (κ2) is 9.14. The number of nitrogens with one attached hydrogen (secondary N) is 2. The van der Waals surface area contributed by atoms with Crippen molar-refractivity contribution in [3.05, 3.63) is 45.2 Å². The quantitative estimate of drug-likeness (QED) is 0.584. The molecule has 8 heteroatoms. The molecular formula is C19H25FN4O2S. The molecule has 0 bridgehead atoms. The van der Waals surface area contributed by atoms with E-state index in [4.69, 9.17) is 9.47 Å². The molecule has 2 heterocycles. The van der Waals surface area contributed by atoms with Gasteiger partial charge in [0.15, 0.2) is 12.8 Å². The molecule has 0 amide bonds. The molecule has 0 saturated heterocycles. The molecule has 0 fully saturated rings. The molecular weight excluding hydrogens is 367 g/mol. The second-order valence-electron chi connectivity index (χ2n) is 6.59. The van der Waals surface area contributed by atoms with Crippen LogP contribution in [0.5, 0.6) is 5.75 Å². The smallest absolute Gasteiger partial charge is 0.191 e. The molecule has 146 valence electrons. The van der Waals surface area contributed by atoms with Crippen molar-refractivity contribution in [2.75, 3.05) is 20.4 Å². The topological polar surface area (TPSA) is 67.8 Å². The summed E-state index contributed by atoms with van der Waals surface area (Å²) >= 11 is 1.64. The van der Waals surface area contributed by atoms with Gasteiger partial charge in [0.2, 0.25) is 0 Å². The molecule has 0 saturated carbocycles. The van der Waals surface area contributed by atoms with E-state index in [1.807, 2.05) is 0 Å². The Morgan fingerprint density at radius 1 is 1.37 bits per heavy atom. The lowest BCUT2D eigenvalue weighted by Gasteiger charge is -2.21. The fraction of sp³-hybridized carbons (Fsp3) is 0.474. The summed E-state index contributed by atoms with van der Waals surface area (Å²) in [4.78, 5) is 8.83. The molecule has 2 N–H and O–H groups in total. The Hall–Kier alpha value is -2.19. The van der Waals surface area contributed by atoms with Crippen LogP contribution in [0.2, 0.25) is 0 Å². The molecule has 0 aliphatic carbocycles. The van der Waals surface area contributed by atoms with E-state index in [0.717, 1.165) is 27.6 Å². The predicted octanol–water partition coefficient (Wildman–Crippen LogP) is 3.18. The van der Waals surface area contributed by atoms with E-state index < -0.39 is 0 Å². The Morgan fingerprint density at radius 3 is 2.96 bits per heavy atom. The summed E-state index contributed by atoms with van der Waals surface area (Å²) in [5, 5.41) is 9.62. The van der Waals surface area contributed by atoms with Crippen LogP contribution in [0.1, 0.15) is 41.6 Å². The lowest BCUT2D eigenvalue weighted by molar-refractivity contribution is -0.0172. The number of halogens is 1. The van der Waals surface area contributed by atoms with Crippen LogP contribution in [0.25, 0.3) is 0 Å². The van der Waals surface area contributed by atoms with Gasteiger partial charge in [-0.1, -0.05) is 13.8 Å². The van der Waals surface area contributed by atoms with Crippen molar-refractivity contribution in [3.8, 4) is 5.75 Å². The van der Waals surface area contributed by atoms with Crippen molar-refractivity contribution in [1.29, 1.82) is 0 Å². The molecule has 1 aliphatic rings. The zero-order valence-corrected chi connectivity index (χ0v) is 16.7. The number of benzene rings is 1. The number of hydrogen-bond acceptors (Lipinski definition) is 5. The average molecular weight is 393 g/mol. The van der Waals surface area contributed by atoms with E-state index in [1.54, 1.807) is 18.4 Å². The highest BCUT2D eigenvalue weighted by Gasteiger charge is 2.16. The first kappa shape index (κ1) is 19.6. The zero-order valence-electron chi connectivity index (χ0n) is 15.8. The van der Waals surface area contributed by atoms with Crippen molar-refractivity contribution >= 4 is 17.3 Å². The Labute approximate surface area is 162 Å². The molecule has 3 rings (SSSR count). The number of fused-ring (bicyclic) bond motifs is 1. The van der Waals surface area contributed by atoms with Crippen molar-refractivity contribution < 1.29 is 13.9 Å². The van der Waals surface area contributed by atoms with Crippen LogP contribution < -0.4 is 15.4 Å². The maximum atomic E-state index is 13.8. The van der Waals surface area contributed by atoms with Gasteiger partial charge in [-0.05, 0) is 30.0 Å². The van der Waals surface area contributed by atoms with Gasteiger partial charge in [0.05, 0.1) is 18.8 Å². The van der Waals surface area contributed by atoms with Gasteiger partial charge in [-0.2, -0.15) is 0 Å².